The quantitative estimate of drug-likeness (QED) is 0.757. The molecule has 0 radical (unpaired) electrons. The van der Waals surface area contributed by atoms with Crippen LogP contribution < -0.4 is 16.0 Å². The Morgan fingerprint density at radius 1 is 1.37 bits per heavy atom. The van der Waals surface area contributed by atoms with Crippen LogP contribution in [0.5, 0.6) is 0 Å². The summed E-state index contributed by atoms with van der Waals surface area (Å²) in [6.45, 7) is 6.68. The highest BCUT2D eigenvalue weighted by Crippen LogP contribution is 2.24. The molecule has 102 valence electrons. The van der Waals surface area contributed by atoms with Crippen LogP contribution in [0.15, 0.2) is 24.3 Å². The number of carbonyl (C=O) groups is 2. The maximum atomic E-state index is 12.0. The average molecular weight is 261 g/mol. The third-order valence-electron chi connectivity index (χ3n) is 3.08. The van der Waals surface area contributed by atoms with Crippen LogP contribution in [0.25, 0.3) is 0 Å². The summed E-state index contributed by atoms with van der Waals surface area (Å²) in [6, 6.07) is 6.95. The van der Waals surface area contributed by atoms with Crippen LogP contribution in [0.2, 0.25) is 0 Å². The summed E-state index contributed by atoms with van der Waals surface area (Å²) in [7, 11) is 0. The van der Waals surface area contributed by atoms with E-state index in [0.29, 0.717) is 6.54 Å². The molecule has 1 saturated heterocycles. The molecule has 2 rings (SSSR count). The molecule has 1 heterocycles. The molecule has 3 N–H and O–H groups in total. The van der Waals surface area contributed by atoms with Crippen molar-refractivity contribution < 1.29 is 9.59 Å². The van der Waals surface area contributed by atoms with Gasteiger partial charge < -0.3 is 16.0 Å². The SMILES string of the molecule is CC(C)(C)c1cccc(NC(=O)[C@@H]2CNC(=O)N2)c1. The molecule has 19 heavy (non-hydrogen) atoms. The van der Waals surface area contributed by atoms with Gasteiger partial charge in [0, 0.05) is 12.2 Å². The van der Waals surface area contributed by atoms with Crippen LogP contribution in [0, 0.1) is 0 Å². The lowest BCUT2D eigenvalue weighted by Gasteiger charge is -2.20. The smallest absolute Gasteiger partial charge is 0.315 e. The molecule has 3 amide bonds. The summed E-state index contributed by atoms with van der Waals surface area (Å²) < 4.78 is 0. The Labute approximate surface area is 112 Å². The molecule has 0 saturated carbocycles. The van der Waals surface area contributed by atoms with Crippen molar-refractivity contribution in [2.45, 2.75) is 32.2 Å². The molecule has 1 aliphatic rings. The van der Waals surface area contributed by atoms with Crippen molar-refractivity contribution in [3.8, 4) is 0 Å². The Morgan fingerprint density at radius 2 is 2.11 bits per heavy atom. The van der Waals surface area contributed by atoms with Crippen LogP contribution in [0.3, 0.4) is 0 Å². The Morgan fingerprint density at radius 3 is 2.68 bits per heavy atom. The van der Waals surface area contributed by atoms with E-state index in [1.54, 1.807) is 0 Å². The molecule has 1 fully saturated rings. The number of anilines is 1. The zero-order chi connectivity index (χ0) is 14.0. The Kier molecular flexibility index (Phi) is 3.46. The highest BCUT2D eigenvalue weighted by Gasteiger charge is 2.26. The number of benzene rings is 1. The first-order valence-electron chi connectivity index (χ1n) is 6.32. The van der Waals surface area contributed by atoms with E-state index in [2.05, 4.69) is 36.7 Å². The largest absolute Gasteiger partial charge is 0.336 e. The summed E-state index contributed by atoms with van der Waals surface area (Å²) in [6.07, 6.45) is 0. The maximum absolute atomic E-state index is 12.0. The van der Waals surface area contributed by atoms with E-state index in [9.17, 15) is 9.59 Å². The second-order valence-corrected chi connectivity index (χ2v) is 5.73. The van der Waals surface area contributed by atoms with Gasteiger partial charge in [0.2, 0.25) is 5.91 Å². The van der Waals surface area contributed by atoms with Crippen molar-refractivity contribution in [3.05, 3.63) is 29.8 Å². The first-order chi connectivity index (χ1) is 8.86. The molecule has 0 aliphatic carbocycles. The van der Waals surface area contributed by atoms with Gasteiger partial charge in [-0.25, -0.2) is 4.79 Å². The lowest BCUT2D eigenvalue weighted by molar-refractivity contribution is -0.117. The number of rotatable bonds is 2. The molecule has 0 aromatic heterocycles. The molecule has 5 heteroatoms. The summed E-state index contributed by atoms with van der Waals surface area (Å²) >= 11 is 0. The van der Waals surface area contributed by atoms with Gasteiger partial charge in [0.1, 0.15) is 6.04 Å². The number of carbonyl (C=O) groups excluding carboxylic acids is 2. The Hall–Kier alpha value is -2.04. The molecule has 1 aromatic rings. The monoisotopic (exact) mass is 261 g/mol. The van der Waals surface area contributed by atoms with Gasteiger partial charge in [-0.3, -0.25) is 4.79 Å². The van der Waals surface area contributed by atoms with Crippen molar-refractivity contribution in [2.75, 3.05) is 11.9 Å². The van der Waals surface area contributed by atoms with E-state index in [-0.39, 0.29) is 17.4 Å². The number of hydrogen-bond acceptors (Lipinski definition) is 2. The topological polar surface area (TPSA) is 70.2 Å². The van der Waals surface area contributed by atoms with Gasteiger partial charge in [0.25, 0.3) is 0 Å². The predicted molar refractivity (Wildman–Crippen MR) is 74.1 cm³/mol. The third kappa shape index (κ3) is 3.24. The van der Waals surface area contributed by atoms with Crippen LogP contribution in [-0.4, -0.2) is 24.5 Å². The van der Waals surface area contributed by atoms with E-state index in [0.717, 1.165) is 11.3 Å². The highest BCUT2D eigenvalue weighted by atomic mass is 16.2. The third-order valence-corrected chi connectivity index (χ3v) is 3.08. The fraction of sp³-hybridized carbons (Fsp3) is 0.429. The molecule has 0 unspecified atom stereocenters. The zero-order valence-corrected chi connectivity index (χ0v) is 11.4. The van der Waals surface area contributed by atoms with Crippen molar-refractivity contribution >= 4 is 17.6 Å². The Bertz CT molecular complexity index is 506. The summed E-state index contributed by atoms with van der Waals surface area (Å²) in [4.78, 5) is 22.9. The van der Waals surface area contributed by atoms with Gasteiger partial charge in [0.15, 0.2) is 0 Å². The normalized spacial score (nSPS) is 18.7. The number of amides is 3. The minimum atomic E-state index is -0.509. The summed E-state index contributed by atoms with van der Waals surface area (Å²) in [5, 5.41) is 7.94. The van der Waals surface area contributed by atoms with Crippen LogP contribution in [0.1, 0.15) is 26.3 Å². The van der Waals surface area contributed by atoms with Gasteiger partial charge in [-0.2, -0.15) is 0 Å². The fourth-order valence-corrected chi connectivity index (χ4v) is 1.91. The van der Waals surface area contributed by atoms with E-state index in [1.165, 1.54) is 0 Å². The zero-order valence-electron chi connectivity index (χ0n) is 11.4. The minimum absolute atomic E-state index is 0.0316. The van der Waals surface area contributed by atoms with E-state index >= 15 is 0 Å². The predicted octanol–water partition coefficient (Wildman–Crippen LogP) is 1.60. The van der Waals surface area contributed by atoms with E-state index in [1.807, 2.05) is 24.3 Å². The van der Waals surface area contributed by atoms with Crippen molar-refractivity contribution in [1.29, 1.82) is 0 Å². The first kappa shape index (κ1) is 13.4. The first-order valence-corrected chi connectivity index (χ1v) is 6.32. The number of nitrogens with one attached hydrogen (secondary N) is 3. The van der Waals surface area contributed by atoms with Gasteiger partial charge in [0.05, 0.1) is 0 Å². The maximum Gasteiger partial charge on any atom is 0.315 e. The molecular weight excluding hydrogens is 242 g/mol. The summed E-state index contributed by atoms with van der Waals surface area (Å²) in [5.74, 6) is -0.204. The number of hydrogen-bond donors (Lipinski definition) is 3. The van der Waals surface area contributed by atoms with Gasteiger partial charge in [-0.05, 0) is 23.1 Å². The molecular formula is C14H19N3O2. The molecule has 0 spiro atoms. The lowest BCUT2D eigenvalue weighted by atomic mass is 9.87. The van der Waals surface area contributed by atoms with Gasteiger partial charge in [-0.1, -0.05) is 32.9 Å². The number of urea groups is 1. The summed E-state index contributed by atoms with van der Waals surface area (Å²) in [5.41, 5.74) is 1.93. The molecule has 5 nitrogen and oxygen atoms in total. The lowest BCUT2D eigenvalue weighted by Crippen LogP contribution is -2.38. The van der Waals surface area contributed by atoms with E-state index in [4.69, 9.17) is 0 Å². The second kappa shape index (κ2) is 4.91. The van der Waals surface area contributed by atoms with Crippen molar-refractivity contribution in [1.82, 2.24) is 10.6 Å². The van der Waals surface area contributed by atoms with Crippen LogP contribution in [0.4, 0.5) is 10.5 Å². The standard InChI is InChI=1S/C14H19N3O2/c1-14(2,3)9-5-4-6-10(7-9)16-12(18)11-8-15-13(19)17-11/h4-7,11H,8H2,1-3H3,(H,16,18)(H2,15,17,19)/t11-/m0/s1. The average Bonchev–Trinajstić information content (AvgIpc) is 2.75. The van der Waals surface area contributed by atoms with Crippen molar-refractivity contribution in [2.24, 2.45) is 0 Å². The minimum Gasteiger partial charge on any atom is -0.336 e. The molecule has 0 bridgehead atoms. The second-order valence-electron chi connectivity index (χ2n) is 5.73. The Balaban J connectivity index is 2.07. The van der Waals surface area contributed by atoms with Crippen LogP contribution >= 0.6 is 0 Å². The van der Waals surface area contributed by atoms with Gasteiger partial charge >= 0.3 is 6.03 Å². The molecule has 1 atom stereocenters. The van der Waals surface area contributed by atoms with E-state index < -0.39 is 6.04 Å². The van der Waals surface area contributed by atoms with Crippen molar-refractivity contribution in [3.63, 3.8) is 0 Å². The van der Waals surface area contributed by atoms with Gasteiger partial charge in [-0.15, -0.1) is 0 Å². The molecule has 1 aromatic carbocycles. The van der Waals surface area contributed by atoms with Crippen LogP contribution in [-0.2, 0) is 10.2 Å². The molecule has 1 aliphatic heterocycles. The highest BCUT2D eigenvalue weighted by molar-refractivity contribution is 5.98. The fourth-order valence-electron chi connectivity index (χ4n) is 1.91.